The predicted molar refractivity (Wildman–Crippen MR) is 249 cm³/mol. The molecular formula is C48H43Cl3N10O3. The van der Waals surface area contributed by atoms with Crippen LogP contribution in [0, 0.1) is 49.7 Å². The van der Waals surface area contributed by atoms with Gasteiger partial charge in [0.05, 0.1) is 28.8 Å². The first-order chi connectivity index (χ1) is 30.4. The number of benzene rings is 4. The number of rotatable bonds is 6. The number of carboxylic acid groups (broad SMARTS) is 1. The Morgan fingerprint density at radius 2 is 1.12 bits per heavy atom. The lowest BCUT2D eigenvalue weighted by molar-refractivity contribution is 0.0693. The summed E-state index contributed by atoms with van der Waals surface area (Å²) in [6.45, 7) is 21.3. The van der Waals surface area contributed by atoms with Gasteiger partial charge in [-0.2, -0.15) is 10.5 Å². The van der Waals surface area contributed by atoms with E-state index in [1.165, 1.54) is 36.1 Å². The fourth-order valence-electron chi connectivity index (χ4n) is 7.58. The number of nitriles is 2. The number of H-pyrrole nitrogens is 2. The van der Waals surface area contributed by atoms with E-state index in [1.54, 1.807) is 12.1 Å². The molecule has 2 aliphatic rings. The highest BCUT2D eigenvalue weighted by molar-refractivity contribution is 6.32. The number of carboxylic acids is 1. The smallest absolute Gasteiger partial charge is 0.338 e. The van der Waals surface area contributed by atoms with Crippen molar-refractivity contribution in [1.82, 2.24) is 30.2 Å². The van der Waals surface area contributed by atoms with Gasteiger partial charge in [-0.05, 0) is 158 Å². The number of aromatic nitrogens is 4. The SMILES string of the molecule is Cl.N#Cc1ccc(C2CCNCC2)cc1.[C-]#[N+]c1nc(-c2cc(C(=O)N3CCC(c4ccc(C#N)cc4)CC3)ccc2C)c(Cl)[nH]1.[C-]#[N+]c1nc(-c2cc(C(=O)O)ccc2C)c(Cl)[nH]1. The highest BCUT2D eigenvalue weighted by atomic mass is 35.5. The lowest BCUT2D eigenvalue weighted by Crippen LogP contribution is -2.37. The van der Waals surface area contributed by atoms with Crippen LogP contribution in [0.4, 0.5) is 11.9 Å². The maximum absolute atomic E-state index is 13.1. The Morgan fingerprint density at radius 3 is 1.53 bits per heavy atom. The van der Waals surface area contributed by atoms with Gasteiger partial charge in [0, 0.05) is 29.8 Å². The number of likely N-dealkylation sites (tertiary alicyclic amines) is 1. The van der Waals surface area contributed by atoms with Gasteiger partial charge in [0.2, 0.25) is 0 Å². The van der Waals surface area contributed by atoms with Crippen LogP contribution in [0.25, 0.3) is 32.2 Å². The molecule has 13 nitrogen and oxygen atoms in total. The molecule has 4 aromatic carbocycles. The van der Waals surface area contributed by atoms with Crippen molar-refractivity contribution in [3.63, 3.8) is 0 Å². The van der Waals surface area contributed by atoms with Crippen molar-refractivity contribution < 1.29 is 14.7 Å². The summed E-state index contributed by atoms with van der Waals surface area (Å²) >= 11 is 12.2. The number of carbonyl (C=O) groups is 2. The summed E-state index contributed by atoms with van der Waals surface area (Å²) in [5, 5.41) is 30.5. The van der Waals surface area contributed by atoms with Gasteiger partial charge in [0.1, 0.15) is 0 Å². The highest BCUT2D eigenvalue weighted by Gasteiger charge is 2.26. The Balaban J connectivity index is 0.000000198. The maximum atomic E-state index is 13.1. The van der Waals surface area contributed by atoms with Crippen molar-refractivity contribution in [3.8, 4) is 34.7 Å². The number of halogens is 3. The Bertz CT molecular complexity index is 2780. The van der Waals surface area contributed by atoms with E-state index >= 15 is 0 Å². The number of nitrogens with one attached hydrogen (secondary N) is 3. The van der Waals surface area contributed by atoms with Gasteiger partial charge in [0.25, 0.3) is 5.91 Å². The molecule has 324 valence electrons. The predicted octanol–water partition coefficient (Wildman–Crippen LogP) is 11.2. The lowest BCUT2D eigenvalue weighted by atomic mass is 9.88. The van der Waals surface area contributed by atoms with E-state index in [9.17, 15) is 9.59 Å². The molecule has 2 aliphatic heterocycles. The van der Waals surface area contributed by atoms with E-state index in [-0.39, 0.29) is 40.9 Å². The van der Waals surface area contributed by atoms with E-state index < -0.39 is 5.97 Å². The first-order valence-corrected chi connectivity index (χ1v) is 20.9. The largest absolute Gasteiger partial charge is 0.478 e. The summed E-state index contributed by atoms with van der Waals surface area (Å²) in [6, 6.07) is 30.2. The van der Waals surface area contributed by atoms with Gasteiger partial charge in [-0.25, -0.2) is 4.79 Å². The average Bonchev–Trinajstić information content (AvgIpc) is 3.90. The molecule has 64 heavy (non-hydrogen) atoms. The quantitative estimate of drug-likeness (QED) is 0.119. The number of imidazole rings is 2. The molecule has 0 unspecified atom stereocenters. The van der Waals surface area contributed by atoms with Crippen molar-refractivity contribution in [3.05, 3.63) is 163 Å². The minimum atomic E-state index is -1.02. The molecule has 6 aromatic rings. The number of hydrogen-bond donors (Lipinski definition) is 4. The van der Waals surface area contributed by atoms with Crippen LogP contribution in [-0.4, -0.2) is 68.0 Å². The zero-order chi connectivity index (χ0) is 45.0. The van der Waals surface area contributed by atoms with Gasteiger partial charge in [-0.1, -0.05) is 36.4 Å². The molecule has 4 N–H and O–H groups in total. The molecule has 4 heterocycles. The summed E-state index contributed by atoms with van der Waals surface area (Å²) in [6.07, 6.45) is 4.20. The second-order valence-corrected chi connectivity index (χ2v) is 15.8. The Kier molecular flexibility index (Phi) is 16.8. The van der Waals surface area contributed by atoms with Crippen LogP contribution in [-0.2, 0) is 0 Å². The van der Waals surface area contributed by atoms with E-state index in [4.69, 9.17) is 52.0 Å². The van der Waals surface area contributed by atoms with E-state index in [0.29, 0.717) is 58.2 Å². The summed E-state index contributed by atoms with van der Waals surface area (Å²) in [4.78, 5) is 46.0. The Labute approximate surface area is 387 Å². The van der Waals surface area contributed by atoms with Crippen molar-refractivity contribution >= 4 is 59.4 Å². The van der Waals surface area contributed by atoms with Gasteiger partial charge in [-0.15, -0.1) is 35.5 Å². The average molecular weight is 914 g/mol. The lowest BCUT2D eigenvalue weighted by Gasteiger charge is -2.32. The van der Waals surface area contributed by atoms with Gasteiger partial charge in [0.15, 0.2) is 21.7 Å². The van der Waals surface area contributed by atoms with Gasteiger partial charge < -0.3 is 25.0 Å². The fourth-order valence-corrected chi connectivity index (χ4v) is 8.03. The molecule has 16 heteroatoms. The minimum absolute atomic E-state index is 0. The number of amides is 1. The Morgan fingerprint density at radius 1 is 0.703 bits per heavy atom. The second-order valence-electron chi connectivity index (χ2n) is 15.1. The second kappa shape index (κ2) is 22.4. The molecule has 1 amide bonds. The zero-order valence-corrected chi connectivity index (χ0v) is 37.3. The van der Waals surface area contributed by atoms with Crippen molar-refractivity contribution in [2.24, 2.45) is 0 Å². The van der Waals surface area contributed by atoms with Crippen LogP contribution in [0.1, 0.15) is 91.6 Å². The van der Waals surface area contributed by atoms with E-state index in [1.807, 2.05) is 67.3 Å². The summed E-state index contributed by atoms with van der Waals surface area (Å²) < 4.78 is 0. The fraction of sp³-hybridized carbons (Fsp3) is 0.250. The summed E-state index contributed by atoms with van der Waals surface area (Å²) in [5.41, 5.74) is 8.74. The van der Waals surface area contributed by atoms with Crippen molar-refractivity contribution in [2.75, 3.05) is 26.2 Å². The monoisotopic (exact) mass is 912 g/mol. The van der Waals surface area contributed by atoms with Crippen LogP contribution in [0.3, 0.4) is 0 Å². The van der Waals surface area contributed by atoms with Crippen LogP contribution >= 0.6 is 35.6 Å². The number of nitrogens with zero attached hydrogens (tertiary/aromatic N) is 7. The van der Waals surface area contributed by atoms with Gasteiger partial charge >= 0.3 is 17.9 Å². The molecule has 8 rings (SSSR count). The van der Waals surface area contributed by atoms with E-state index in [0.717, 1.165) is 48.2 Å². The molecule has 2 aromatic heterocycles. The maximum Gasteiger partial charge on any atom is 0.338 e. The summed E-state index contributed by atoms with van der Waals surface area (Å²) in [7, 11) is 0. The first kappa shape index (κ1) is 48.1. The number of carbonyl (C=O) groups excluding carboxylic acids is 1. The molecule has 0 spiro atoms. The third-order valence-electron chi connectivity index (χ3n) is 11.1. The standard InChI is InChI=1S/C24H20ClN5O.C12H8ClN3O2.C12H14N2.ClH/c1-15-3-6-19(13-20(15)21-22(25)29-24(27-2)28-21)23(31)30-11-9-18(10-12-30)17-7-4-16(14-26)5-8-17;1-6-3-4-7(11(17)18)5-8(6)9-10(13)16-12(14-2)15-9;13-9-10-1-3-11(4-2-10)12-5-7-14-8-6-12;/h3-8,13,18H,9-12H2,1H3,(H,28,29);3-5H,1H3,(H,15,16)(H,17,18);1-4,12,14H,5-8H2;1H. The van der Waals surface area contributed by atoms with Crippen molar-refractivity contribution in [1.29, 1.82) is 10.5 Å². The van der Waals surface area contributed by atoms with Gasteiger partial charge in [-0.3, -0.25) is 14.8 Å². The molecule has 2 fully saturated rings. The number of piperidine rings is 2. The summed E-state index contributed by atoms with van der Waals surface area (Å²) in [5.74, 6) is 0.241. The molecule has 0 bridgehead atoms. The van der Waals surface area contributed by atoms with Crippen molar-refractivity contribution in [2.45, 2.75) is 51.4 Å². The van der Waals surface area contributed by atoms with Crippen LogP contribution < -0.4 is 5.32 Å². The number of aromatic amines is 2. The third kappa shape index (κ3) is 11.7. The number of aromatic carboxylic acids is 1. The number of hydrogen-bond acceptors (Lipinski definition) is 7. The third-order valence-corrected chi connectivity index (χ3v) is 11.7. The molecule has 0 saturated carbocycles. The van der Waals surface area contributed by atoms with Crippen LogP contribution in [0.5, 0.6) is 0 Å². The van der Waals surface area contributed by atoms with Crippen LogP contribution in [0.2, 0.25) is 10.3 Å². The Hall–Kier alpha value is -6.97. The topological polar surface area (TPSA) is 183 Å². The first-order valence-electron chi connectivity index (χ1n) is 20.1. The zero-order valence-electron chi connectivity index (χ0n) is 35.0. The molecular weight excluding hydrogens is 871 g/mol. The molecule has 0 atom stereocenters. The highest BCUT2D eigenvalue weighted by Crippen LogP contribution is 2.34. The molecule has 0 radical (unpaired) electrons. The molecule has 0 aliphatic carbocycles. The normalized spacial score (nSPS) is 13.5. The molecule has 2 saturated heterocycles. The number of aryl methyl sites for hydroxylation is 2. The van der Waals surface area contributed by atoms with E-state index in [2.05, 4.69) is 59.2 Å². The minimum Gasteiger partial charge on any atom is -0.478 e. The van der Waals surface area contributed by atoms with Crippen LogP contribution in [0.15, 0.2) is 84.9 Å².